The van der Waals surface area contributed by atoms with E-state index in [0.29, 0.717) is 5.75 Å². The molecule has 90 valence electrons. The summed E-state index contributed by atoms with van der Waals surface area (Å²) in [5.74, 6) is 0.654. The molecule has 0 aliphatic rings. The van der Waals surface area contributed by atoms with E-state index in [1.807, 2.05) is 35.7 Å². The SMILES string of the molecule is OC(CSc1ccccc1Br)c1sccc1Br. The molecule has 1 heterocycles. The molecule has 0 saturated carbocycles. The number of benzene rings is 1. The highest BCUT2D eigenvalue weighted by atomic mass is 79.9. The van der Waals surface area contributed by atoms with Gasteiger partial charge in [0.2, 0.25) is 0 Å². The first-order chi connectivity index (χ1) is 8.18. The van der Waals surface area contributed by atoms with Gasteiger partial charge in [-0.1, -0.05) is 12.1 Å². The quantitative estimate of drug-likeness (QED) is 0.729. The largest absolute Gasteiger partial charge is 0.387 e. The maximum Gasteiger partial charge on any atom is 0.0986 e. The average molecular weight is 394 g/mol. The first-order valence-corrected chi connectivity index (χ1v) is 8.42. The highest BCUT2D eigenvalue weighted by Crippen LogP contribution is 2.34. The lowest BCUT2D eigenvalue weighted by atomic mass is 10.3. The van der Waals surface area contributed by atoms with E-state index >= 15 is 0 Å². The zero-order valence-corrected chi connectivity index (χ0v) is 13.6. The van der Waals surface area contributed by atoms with Crippen molar-refractivity contribution in [3.05, 3.63) is 49.5 Å². The molecule has 0 bridgehead atoms. The number of halogens is 2. The smallest absolute Gasteiger partial charge is 0.0986 e. The molecule has 2 rings (SSSR count). The number of rotatable bonds is 4. The number of aliphatic hydroxyl groups excluding tert-OH is 1. The first-order valence-electron chi connectivity index (χ1n) is 4.97. The van der Waals surface area contributed by atoms with Gasteiger partial charge in [0.05, 0.1) is 6.10 Å². The normalized spacial score (nSPS) is 12.6. The molecule has 1 unspecified atom stereocenters. The fourth-order valence-electron chi connectivity index (χ4n) is 1.35. The van der Waals surface area contributed by atoms with Crippen LogP contribution in [-0.2, 0) is 0 Å². The summed E-state index contributed by atoms with van der Waals surface area (Å²) in [5, 5.41) is 12.1. The van der Waals surface area contributed by atoms with Gasteiger partial charge in [0, 0.05) is 24.5 Å². The van der Waals surface area contributed by atoms with Crippen molar-refractivity contribution in [3.8, 4) is 0 Å². The second kappa shape index (κ2) is 6.38. The van der Waals surface area contributed by atoms with E-state index in [-0.39, 0.29) is 0 Å². The summed E-state index contributed by atoms with van der Waals surface area (Å²) >= 11 is 10.2. The third-order valence-corrected chi connectivity index (χ3v) is 6.26. The van der Waals surface area contributed by atoms with Crippen LogP contribution in [-0.4, -0.2) is 10.9 Å². The van der Waals surface area contributed by atoms with E-state index in [0.717, 1.165) is 18.7 Å². The Morgan fingerprint density at radius 3 is 2.59 bits per heavy atom. The van der Waals surface area contributed by atoms with Gasteiger partial charge in [-0.15, -0.1) is 23.1 Å². The first kappa shape index (κ1) is 13.6. The summed E-state index contributed by atoms with van der Waals surface area (Å²) in [6.07, 6.45) is -0.429. The lowest BCUT2D eigenvalue weighted by Gasteiger charge is -2.10. The third kappa shape index (κ3) is 3.58. The van der Waals surface area contributed by atoms with Crippen LogP contribution in [0, 0.1) is 0 Å². The van der Waals surface area contributed by atoms with E-state index < -0.39 is 6.10 Å². The number of hydrogen-bond acceptors (Lipinski definition) is 3. The van der Waals surface area contributed by atoms with Crippen LogP contribution in [0.3, 0.4) is 0 Å². The van der Waals surface area contributed by atoms with Crippen LogP contribution in [0.15, 0.2) is 49.6 Å². The van der Waals surface area contributed by atoms with Crippen molar-refractivity contribution >= 4 is 55.0 Å². The molecule has 5 heteroatoms. The van der Waals surface area contributed by atoms with Crippen molar-refractivity contribution < 1.29 is 5.11 Å². The molecule has 1 N–H and O–H groups in total. The Balaban J connectivity index is 2.00. The van der Waals surface area contributed by atoms with Gasteiger partial charge < -0.3 is 5.11 Å². The van der Waals surface area contributed by atoms with Crippen molar-refractivity contribution in [1.29, 1.82) is 0 Å². The molecule has 1 atom stereocenters. The van der Waals surface area contributed by atoms with Crippen molar-refractivity contribution in [2.24, 2.45) is 0 Å². The van der Waals surface area contributed by atoms with Crippen molar-refractivity contribution in [1.82, 2.24) is 0 Å². The molecule has 0 fully saturated rings. The van der Waals surface area contributed by atoms with Gasteiger partial charge in [0.25, 0.3) is 0 Å². The molecule has 0 spiro atoms. The lowest BCUT2D eigenvalue weighted by molar-refractivity contribution is 0.207. The lowest BCUT2D eigenvalue weighted by Crippen LogP contribution is -1.98. The van der Waals surface area contributed by atoms with Gasteiger partial charge in [0.1, 0.15) is 0 Å². The molecule has 1 aromatic heterocycles. The summed E-state index contributed by atoms with van der Waals surface area (Å²) in [6, 6.07) is 10.0. The molecule has 1 aromatic carbocycles. The van der Waals surface area contributed by atoms with Crippen LogP contribution in [0.25, 0.3) is 0 Å². The van der Waals surface area contributed by atoms with E-state index in [4.69, 9.17) is 0 Å². The van der Waals surface area contributed by atoms with Gasteiger partial charge in [-0.2, -0.15) is 0 Å². The fourth-order valence-corrected chi connectivity index (χ4v) is 4.59. The van der Waals surface area contributed by atoms with E-state index in [1.54, 1.807) is 23.1 Å². The Hall–Kier alpha value is 0.190. The van der Waals surface area contributed by atoms with Gasteiger partial charge >= 0.3 is 0 Å². The Labute approximate surface area is 126 Å². The molecule has 0 amide bonds. The van der Waals surface area contributed by atoms with Crippen LogP contribution < -0.4 is 0 Å². The van der Waals surface area contributed by atoms with Gasteiger partial charge in [-0.25, -0.2) is 0 Å². The van der Waals surface area contributed by atoms with Gasteiger partial charge in [-0.3, -0.25) is 0 Å². The third-order valence-electron chi connectivity index (χ3n) is 2.18. The zero-order valence-electron chi connectivity index (χ0n) is 8.77. The Kier molecular flexibility index (Phi) is 5.11. The van der Waals surface area contributed by atoms with Crippen LogP contribution >= 0.6 is 55.0 Å². The van der Waals surface area contributed by atoms with Gasteiger partial charge in [0.15, 0.2) is 0 Å². The maximum atomic E-state index is 10.1. The predicted molar refractivity (Wildman–Crippen MR) is 81.8 cm³/mol. The van der Waals surface area contributed by atoms with Crippen molar-refractivity contribution in [2.75, 3.05) is 5.75 Å². The molecule has 0 radical (unpaired) electrons. The Morgan fingerprint density at radius 1 is 1.18 bits per heavy atom. The van der Waals surface area contributed by atoms with Crippen molar-refractivity contribution in [2.45, 2.75) is 11.0 Å². The topological polar surface area (TPSA) is 20.2 Å². The second-order valence-corrected chi connectivity index (χ2v) is 7.11. The van der Waals surface area contributed by atoms with Crippen LogP contribution in [0.2, 0.25) is 0 Å². The molecule has 0 aliphatic carbocycles. The van der Waals surface area contributed by atoms with E-state index in [9.17, 15) is 5.11 Å². The van der Waals surface area contributed by atoms with Crippen molar-refractivity contribution in [3.63, 3.8) is 0 Å². The minimum atomic E-state index is -0.429. The molecule has 2 aromatic rings. The predicted octanol–water partition coefficient (Wildman–Crippen LogP) is 5.10. The molecule has 0 aliphatic heterocycles. The summed E-state index contributed by atoms with van der Waals surface area (Å²) in [6.45, 7) is 0. The average Bonchev–Trinajstić information content (AvgIpc) is 2.74. The molecular formula is C12H10Br2OS2. The number of aliphatic hydroxyl groups is 1. The minimum absolute atomic E-state index is 0.429. The Bertz CT molecular complexity index is 499. The second-order valence-electron chi connectivity index (χ2n) is 3.39. The van der Waals surface area contributed by atoms with Crippen LogP contribution in [0.4, 0.5) is 0 Å². The maximum absolute atomic E-state index is 10.1. The van der Waals surface area contributed by atoms with Crippen LogP contribution in [0.5, 0.6) is 0 Å². The molecule has 17 heavy (non-hydrogen) atoms. The van der Waals surface area contributed by atoms with Gasteiger partial charge in [-0.05, 0) is 55.4 Å². The molecule has 0 saturated heterocycles. The highest BCUT2D eigenvalue weighted by Gasteiger charge is 2.13. The summed E-state index contributed by atoms with van der Waals surface area (Å²) in [7, 11) is 0. The van der Waals surface area contributed by atoms with Crippen LogP contribution in [0.1, 0.15) is 11.0 Å². The van der Waals surface area contributed by atoms with E-state index in [2.05, 4.69) is 31.9 Å². The number of thioether (sulfide) groups is 1. The fraction of sp³-hybridized carbons (Fsp3) is 0.167. The molecular weight excluding hydrogens is 384 g/mol. The Morgan fingerprint density at radius 2 is 1.94 bits per heavy atom. The summed E-state index contributed by atoms with van der Waals surface area (Å²) in [4.78, 5) is 2.14. The monoisotopic (exact) mass is 392 g/mol. The highest BCUT2D eigenvalue weighted by molar-refractivity contribution is 9.10. The summed E-state index contributed by atoms with van der Waals surface area (Å²) < 4.78 is 2.06. The number of hydrogen-bond donors (Lipinski definition) is 1. The molecule has 1 nitrogen and oxygen atoms in total. The minimum Gasteiger partial charge on any atom is -0.387 e. The number of thiophene rings is 1. The zero-order chi connectivity index (χ0) is 12.3. The summed E-state index contributed by atoms with van der Waals surface area (Å²) in [5.41, 5.74) is 0. The standard InChI is InChI=1S/C12H10Br2OS2/c13-8-3-1-2-4-11(8)17-7-10(15)12-9(14)5-6-16-12/h1-6,10,15H,7H2. The van der Waals surface area contributed by atoms with E-state index in [1.165, 1.54) is 0 Å².